The van der Waals surface area contributed by atoms with Crippen molar-refractivity contribution < 1.29 is 34.8 Å². The number of aliphatic hydroxyl groups is 2. The minimum absolute atomic E-state index is 0.0278. The molecule has 0 amide bonds. The van der Waals surface area contributed by atoms with Crippen LogP contribution in [0.25, 0.3) is 0 Å². The summed E-state index contributed by atoms with van der Waals surface area (Å²) >= 11 is 0. The first-order valence-corrected chi connectivity index (χ1v) is 6.42. The predicted octanol–water partition coefficient (Wildman–Crippen LogP) is 1.64. The molecule has 0 atom stereocenters. The second-order valence-corrected chi connectivity index (χ2v) is 3.70. The van der Waals surface area contributed by atoms with E-state index in [2.05, 4.69) is 31.1 Å². The number of carboxylic acid groups (broad SMARTS) is 2. The molecule has 0 rings (SSSR count). The zero-order valence-corrected chi connectivity index (χ0v) is 13.8. The molecule has 0 bridgehead atoms. The van der Waals surface area contributed by atoms with Gasteiger partial charge in [-0.25, -0.2) is 9.59 Å². The highest BCUT2D eigenvalue weighted by Crippen LogP contribution is 1.81. The molecule has 0 radical (unpaired) electrons. The molecule has 23 heavy (non-hydrogen) atoms. The molecule has 0 saturated heterocycles. The number of rotatable bonds is 7. The van der Waals surface area contributed by atoms with E-state index in [9.17, 15) is 9.59 Å². The third-order valence-electron chi connectivity index (χ3n) is 1.37. The number of ether oxygens (including phenoxy) is 1. The Morgan fingerprint density at radius 2 is 1.09 bits per heavy atom. The first-order chi connectivity index (χ1) is 10.6. The van der Waals surface area contributed by atoms with Crippen molar-refractivity contribution in [1.82, 2.24) is 0 Å². The number of aliphatic carboxylic acids is 2. The van der Waals surface area contributed by atoms with Gasteiger partial charge in [0.1, 0.15) is 0 Å². The molecule has 0 spiro atoms. The topological polar surface area (TPSA) is 124 Å². The van der Waals surface area contributed by atoms with Crippen molar-refractivity contribution in [2.45, 2.75) is 13.8 Å². The van der Waals surface area contributed by atoms with Crippen LogP contribution in [0, 0.1) is 0 Å². The van der Waals surface area contributed by atoms with E-state index in [0.29, 0.717) is 13.2 Å². The van der Waals surface area contributed by atoms with Crippen LogP contribution < -0.4 is 0 Å². The lowest BCUT2D eigenvalue weighted by atomic mass is 10.4. The second kappa shape index (κ2) is 24.8. The van der Waals surface area contributed by atoms with Crippen LogP contribution in [0.1, 0.15) is 13.8 Å². The minimum atomic E-state index is -0.935. The largest absolute Gasteiger partial charge is 0.478 e. The van der Waals surface area contributed by atoms with Gasteiger partial charge in [-0.3, -0.25) is 0 Å². The molecule has 134 valence electrons. The normalized spacial score (nSPS) is 7.65. The third-order valence-corrected chi connectivity index (χ3v) is 1.37. The highest BCUT2D eigenvalue weighted by Gasteiger charge is 1.90. The molecule has 0 aromatic heterocycles. The van der Waals surface area contributed by atoms with Crippen LogP contribution in [0.3, 0.4) is 0 Å². The van der Waals surface area contributed by atoms with Crippen molar-refractivity contribution in [2.75, 3.05) is 26.4 Å². The lowest BCUT2D eigenvalue weighted by Crippen LogP contribution is -2.03. The van der Waals surface area contributed by atoms with Gasteiger partial charge in [-0.15, -0.1) is 0 Å². The van der Waals surface area contributed by atoms with E-state index in [-0.39, 0.29) is 24.4 Å². The molecule has 7 heteroatoms. The van der Waals surface area contributed by atoms with Gasteiger partial charge < -0.3 is 25.2 Å². The molecule has 0 heterocycles. The number of hydrogen-bond acceptors (Lipinski definition) is 5. The van der Waals surface area contributed by atoms with Gasteiger partial charge in [-0.05, 0) is 13.8 Å². The Morgan fingerprint density at radius 3 is 1.17 bits per heavy atom. The monoisotopic (exact) mass is 332 g/mol. The van der Waals surface area contributed by atoms with E-state index in [1.807, 2.05) is 0 Å². The van der Waals surface area contributed by atoms with Crippen LogP contribution >= 0.6 is 0 Å². The van der Waals surface area contributed by atoms with Crippen LogP contribution in [0.5, 0.6) is 0 Å². The standard InChI is InChI=1S/C4H10O3.2C4H6O2.C4H6/c5-1-3-7-4-2-6;2*1-3(2)4(5)6;1-3-4-2/h5-6H,1-4H2;2*1H2,2H3,(H,5,6);3-4H,1-2H2. The summed E-state index contributed by atoms with van der Waals surface area (Å²) in [4.78, 5) is 19.2. The molecule has 0 aromatic carbocycles. The van der Waals surface area contributed by atoms with Crippen LogP contribution in [0.15, 0.2) is 49.6 Å². The molecular weight excluding hydrogens is 304 g/mol. The molecule has 0 saturated carbocycles. The SMILES string of the molecule is C=C(C)C(=O)O.C=C(C)C(=O)O.C=CC=C.OCCOCCO. The maximum atomic E-state index is 9.60. The first-order valence-electron chi connectivity index (χ1n) is 6.42. The first kappa shape index (κ1) is 28.9. The lowest BCUT2D eigenvalue weighted by Gasteiger charge is -1.94. The Balaban J connectivity index is -0.000000107. The third kappa shape index (κ3) is 53.8. The summed E-state index contributed by atoms with van der Waals surface area (Å²) < 4.78 is 4.63. The van der Waals surface area contributed by atoms with Crippen LogP contribution in [0.4, 0.5) is 0 Å². The van der Waals surface area contributed by atoms with Crippen molar-refractivity contribution in [1.29, 1.82) is 0 Å². The maximum Gasteiger partial charge on any atom is 0.330 e. The number of hydrogen-bond donors (Lipinski definition) is 4. The van der Waals surface area contributed by atoms with E-state index in [4.69, 9.17) is 20.4 Å². The van der Waals surface area contributed by atoms with Gasteiger partial charge in [0.15, 0.2) is 0 Å². The summed E-state index contributed by atoms with van der Waals surface area (Å²) in [6.07, 6.45) is 3.28. The van der Waals surface area contributed by atoms with Gasteiger partial charge in [0.05, 0.1) is 26.4 Å². The molecule has 0 aromatic rings. The molecule has 4 N–H and O–H groups in total. The van der Waals surface area contributed by atoms with Crippen LogP contribution in [-0.4, -0.2) is 58.8 Å². The molecule has 7 nitrogen and oxygen atoms in total. The Morgan fingerprint density at radius 1 is 0.870 bits per heavy atom. The molecule has 0 aliphatic rings. The van der Waals surface area contributed by atoms with E-state index in [1.54, 1.807) is 12.2 Å². The summed E-state index contributed by atoms with van der Waals surface area (Å²) in [5.74, 6) is -1.87. The van der Waals surface area contributed by atoms with E-state index < -0.39 is 11.9 Å². The number of allylic oxidation sites excluding steroid dienone is 2. The summed E-state index contributed by atoms with van der Waals surface area (Å²) in [6, 6.07) is 0. The van der Waals surface area contributed by atoms with Gasteiger partial charge >= 0.3 is 11.9 Å². The number of carbonyl (C=O) groups is 2. The van der Waals surface area contributed by atoms with Crippen molar-refractivity contribution in [3.05, 3.63) is 49.6 Å². The Labute approximate surface area is 137 Å². The quantitative estimate of drug-likeness (QED) is 0.317. The predicted molar refractivity (Wildman–Crippen MR) is 90.3 cm³/mol. The van der Waals surface area contributed by atoms with Gasteiger partial charge in [-0.1, -0.05) is 38.5 Å². The summed E-state index contributed by atoms with van der Waals surface area (Å²) in [7, 11) is 0. The number of aliphatic hydroxyl groups excluding tert-OH is 2. The fraction of sp³-hybridized carbons (Fsp3) is 0.375. The minimum Gasteiger partial charge on any atom is -0.478 e. The molecule has 0 unspecified atom stereocenters. The average molecular weight is 332 g/mol. The van der Waals surface area contributed by atoms with Crippen molar-refractivity contribution in [3.63, 3.8) is 0 Å². The van der Waals surface area contributed by atoms with E-state index in [0.717, 1.165) is 0 Å². The van der Waals surface area contributed by atoms with Crippen molar-refractivity contribution in [3.8, 4) is 0 Å². The zero-order chi connectivity index (χ0) is 19.3. The summed E-state index contributed by atoms with van der Waals surface area (Å²) in [5, 5.41) is 32.0. The fourth-order valence-corrected chi connectivity index (χ4v) is 0.231. The zero-order valence-electron chi connectivity index (χ0n) is 13.8. The lowest BCUT2D eigenvalue weighted by molar-refractivity contribution is -0.133. The second-order valence-electron chi connectivity index (χ2n) is 3.70. The molecular formula is C16H28O7. The number of carboxylic acids is 2. The van der Waals surface area contributed by atoms with Gasteiger partial charge in [0, 0.05) is 11.1 Å². The summed E-state index contributed by atoms with van der Waals surface area (Å²) in [6.45, 7) is 16.6. The van der Waals surface area contributed by atoms with Crippen molar-refractivity contribution in [2.24, 2.45) is 0 Å². The molecule has 0 aliphatic carbocycles. The van der Waals surface area contributed by atoms with Crippen molar-refractivity contribution >= 4 is 11.9 Å². The highest BCUT2D eigenvalue weighted by atomic mass is 16.5. The summed E-state index contributed by atoms with van der Waals surface area (Å²) in [5.41, 5.74) is 0.352. The van der Waals surface area contributed by atoms with Crippen LogP contribution in [-0.2, 0) is 14.3 Å². The van der Waals surface area contributed by atoms with E-state index >= 15 is 0 Å². The molecule has 0 aliphatic heterocycles. The average Bonchev–Trinajstić information content (AvgIpc) is 2.49. The molecule has 0 fully saturated rings. The maximum absolute atomic E-state index is 9.60. The van der Waals surface area contributed by atoms with Gasteiger partial charge in [0.25, 0.3) is 0 Å². The van der Waals surface area contributed by atoms with Gasteiger partial charge in [-0.2, -0.15) is 0 Å². The Hall–Kier alpha value is -2.22. The fourth-order valence-electron chi connectivity index (χ4n) is 0.231. The Bertz CT molecular complexity index is 301. The Kier molecular flexibility index (Phi) is 31.1. The smallest absolute Gasteiger partial charge is 0.330 e. The van der Waals surface area contributed by atoms with Crippen LogP contribution in [0.2, 0.25) is 0 Å². The highest BCUT2D eigenvalue weighted by molar-refractivity contribution is 5.85. The van der Waals surface area contributed by atoms with E-state index in [1.165, 1.54) is 13.8 Å². The van der Waals surface area contributed by atoms with Gasteiger partial charge in [0.2, 0.25) is 0 Å².